The first kappa shape index (κ1) is 46.5. The number of alkyl halides is 6. The molecule has 4 fully saturated rings. The van der Waals surface area contributed by atoms with Crippen LogP contribution in [-0.4, -0.2) is 91.5 Å². The Kier molecular flexibility index (Phi) is 10.9. The molecule has 70 heavy (non-hydrogen) atoms. The van der Waals surface area contributed by atoms with Crippen LogP contribution in [0.3, 0.4) is 0 Å². The van der Waals surface area contributed by atoms with Gasteiger partial charge in [0, 0.05) is 37.3 Å². The van der Waals surface area contributed by atoms with E-state index in [1.807, 2.05) is 13.8 Å². The summed E-state index contributed by atoms with van der Waals surface area (Å²) in [4.78, 5) is 29.0. The fourth-order valence-electron chi connectivity index (χ4n) is 11.7. The second kappa shape index (κ2) is 16.4. The predicted molar refractivity (Wildman–Crippen MR) is 246 cm³/mol. The van der Waals surface area contributed by atoms with E-state index in [4.69, 9.17) is 44.1 Å². The molecule has 368 valence electrons. The average Bonchev–Trinajstić information content (AvgIpc) is 3.77. The van der Waals surface area contributed by atoms with E-state index in [9.17, 15) is 26.3 Å². The molecule has 0 spiro atoms. The standard InChI is InChI=1S/2C23H21ClF4N6O/c2*1-8-5-12(29)33-18(15(8)23(26,27)28)13-16(24)21-14-19(17(13)25)30-7-31-22(14)34-6-10-3-4-11(32-10)20(34)9(2)35-21/h2*5,7,9-11,20,32H,3-4,6H2,1-2H3,(H2,29,33)/t2*9-,10+,11-,20+/m00/s1. The van der Waals surface area contributed by atoms with Crippen LogP contribution in [0.25, 0.3) is 44.3 Å². The van der Waals surface area contributed by atoms with E-state index in [1.54, 1.807) is 0 Å². The minimum atomic E-state index is -4.82. The van der Waals surface area contributed by atoms with E-state index in [1.165, 1.54) is 26.5 Å². The molecule has 6 N–H and O–H groups in total. The van der Waals surface area contributed by atoms with Crippen LogP contribution >= 0.6 is 23.2 Å². The molecule has 24 heteroatoms. The number of rotatable bonds is 2. The van der Waals surface area contributed by atoms with Crippen molar-refractivity contribution >= 4 is 68.3 Å². The Balaban J connectivity index is 0.000000152. The molecule has 4 bridgehead atoms. The number of aromatic nitrogens is 6. The molecule has 8 atom stereocenters. The predicted octanol–water partition coefficient (Wildman–Crippen LogP) is 8.97. The first-order valence-corrected chi connectivity index (χ1v) is 23.3. The van der Waals surface area contributed by atoms with Crippen LogP contribution in [-0.2, 0) is 12.4 Å². The first-order valence-electron chi connectivity index (χ1n) is 22.5. The van der Waals surface area contributed by atoms with Crippen LogP contribution in [0.5, 0.6) is 11.5 Å². The van der Waals surface area contributed by atoms with Crippen LogP contribution in [0, 0.1) is 25.5 Å². The van der Waals surface area contributed by atoms with Crippen LogP contribution in [0.1, 0.15) is 61.8 Å². The van der Waals surface area contributed by atoms with Crippen molar-refractivity contribution in [2.45, 2.75) is 114 Å². The lowest BCUT2D eigenvalue weighted by atomic mass is 9.98. The van der Waals surface area contributed by atoms with E-state index in [-0.39, 0.29) is 102 Å². The molecule has 10 heterocycles. The number of nitrogens with zero attached hydrogens (tertiary/aromatic N) is 8. The quantitative estimate of drug-likeness (QED) is 0.121. The highest BCUT2D eigenvalue weighted by atomic mass is 35.5. The zero-order valence-electron chi connectivity index (χ0n) is 37.5. The second-order valence-electron chi connectivity index (χ2n) is 18.7. The molecular weight excluding hydrogens is 975 g/mol. The normalized spacial score (nSPS) is 25.4. The molecule has 0 aliphatic carbocycles. The van der Waals surface area contributed by atoms with Crippen molar-refractivity contribution in [2.24, 2.45) is 0 Å². The third kappa shape index (κ3) is 7.16. The van der Waals surface area contributed by atoms with Gasteiger partial charge >= 0.3 is 12.4 Å². The Morgan fingerprint density at radius 1 is 0.629 bits per heavy atom. The SMILES string of the molecule is Cc1cc(N)nc(-c2c(Cl)c3c4c(ncnc4c2F)N2C[C@H]4CC[C@H](N4)[C@H]2[C@H](C)O3)c1C(F)(F)F.Cc1cc(N)nc(-c2c(Cl)c3c4c(ncnc4c2F)N2C[C@H]4CC[C@H](N4)[C@H]2[C@H](C)O3)c1C(F)(F)F. The lowest BCUT2D eigenvalue weighted by Crippen LogP contribution is -2.62. The van der Waals surface area contributed by atoms with Gasteiger partial charge in [0.2, 0.25) is 0 Å². The third-order valence-corrected chi connectivity index (χ3v) is 15.1. The molecule has 6 aromatic rings. The molecule has 0 amide bonds. The number of anilines is 4. The minimum absolute atomic E-state index is 0.0430. The Labute approximate surface area is 403 Å². The number of nitrogen functional groups attached to an aromatic ring is 2. The van der Waals surface area contributed by atoms with Crippen molar-refractivity contribution in [2.75, 3.05) is 34.4 Å². The van der Waals surface area contributed by atoms with Crippen molar-refractivity contribution in [1.82, 2.24) is 40.5 Å². The summed E-state index contributed by atoms with van der Waals surface area (Å²) in [6.07, 6.45) is -4.18. The minimum Gasteiger partial charge on any atom is -0.486 e. The van der Waals surface area contributed by atoms with Gasteiger partial charge in [0.1, 0.15) is 59.2 Å². The van der Waals surface area contributed by atoms with Crippen LogP contribution < -0.4 is 41.4 Å². The molecule has 6 aliphatic heterocycles. The lowest BCUT2D eigenvalue weighted by molar-refractivity contribution is -0.138. The Morgan fingerprint density at radius 3 is 1.39 bits per heavy atom. The summed E-state index contributed by atoms with van der Waals surface area (Å²) in [6.45, 7) is 7.49. The van der Waals surface area contributed by atoms with Crippen molar-refractivity contribution in [1.29, 1.82) is 0 Å². The number of halogens is 10. The summed E-state index contributed by atoms with van der Waals surface area (Å²) in [5.41, 5.74) is 6.06. The summed E-state index contributed by atoms with van der Waals surface area (Å²) in [5, 5.41) is 7.01. The maximum atomic E-state index is 16.1. The average molecular weight is 1020 g/mol. The molecule has 2 aromatic carbocycles. The van der Waals surface area contributed by atoms with E-state index >= 15 is 8.78 Å². The number of aryl methyl sites for hydroxylation is 2. The highest BCUT2D eigenvalue weighted by Crippen LogP contribution is 2.54. The smallest absolute Gasteiger partial charge is 0.418 e. The van der Waals surface area contributed by atoms with Crippen molar-refractivity contribution in [3.8, 4) is 34.0 Å². The fraction of sp³-hybridized carbons (Fsp3) is 0.435. The Hall–Kier alpha value is -5.84. The molecule has 4 aromatic heterocycles. The van der Waals surface area contributed by atoms with Gasteiger partial charge < -0.3 is 41.4 Å². The van der Waals surface area contributed by atoms with E-state index in [2.05, 4.69) is 50.3 Å². The summed E-state index contributed by atoms with van der Waals surface area (Å²) in [7, 11) is 0. The van der Waals surface area contributed by atoms with Gasteiger partial charge in [-0.15, -0.1) is 0 Å². The zero-order chi connectivity index (χ0) is 49.6. The molecule has 12 rings (SSSR count). The van der Waals surface area contributed by atoms with Crippen LogP contribution in [0.2, 0.25) is 10.0 Å². The van der Waals surface area contributed by atoms with Crippen molar-refractivity contribution < 1.29 is 44.6 Å². The Bertz CT molecular complexity index is 2970. The van der Waals surface area contributed by atoms with E-state index < -0.39 is 69.8 Å². The summed E-state index contributed by atoms with van der Waals surface area (Å²) < 4.78 is 129. The number of hydrogen-bond acceptors (Lipinski definition) is 14. The number of hydrogen-bond donors (Lipinski definition) is 4. The van der Waals surface area contributed by atoms with Gasteiger partial charge in [-0.2, -0.15) is 26.3 Å². The number of pyridine rings is 2. The number of fused-ring (bicyclic) bond motifs is 10. The number of nitrogens with one attached hydrogen (secondary N) is 2. The van der Waals surface area contributed by atoms with Gasteiger partial charge in [0.15, 0.2) is 23.1 Å². The molecule has 6 aliphatic rings. The van der Waals surface area contributed by atoms with Crippen LogP contribution in [0.15, 0.2) is 24.8 Å². The first-order chi connectivity index (χ1) is 33.1. The molecule has 0 unspecified atom stereocenters. The largest absolute Gasteiger partial charge is 0.486 e. The highest BCUT2D eigenvalue weighted by Gasteiger charge is 2.50. The lowest BCUT2D eigenvalue weighted by Gasteiger charge is -2.42. The maximum absolute atomic E-state index is 16.1. The monoisotopic (exact) mass is 1020 g/mol. The van der Waals surface area contributed by atoms with E-state index in [0.717, 1.165) is 37.8 Å². The molecule has 14 nitrogen and oxygen atoms in total. The highest BCUT2D eigenvalue weighted by molar-refractivity contribution is 6.37. The van der Waals surface area contributed by atoms with Gasteiger partial charge in [-0.25, -0.2) is 38.7 Å². The summed E-state index contributed by atoms with van der Waals surface area (Å²) in [5.74, 6) is -1.45. The maximum Gasteiger partial charge on any atom is 0.418 e. The van der Waals surface area contributed by atoms with Gasteiger partial charge in [-0.05, 0) is 76.6 Å². The van der Waals surface area contributed by atoms with Gasteiger partial charge in [0.25, 0.3) is 0 Å². The van der Waals surface area contributed by atoms with E-state index in [0.29, 0.717) is 24.7 Å². The topological polar surface area (TPSA) is 178 Å². The number of ether oxygens (including phenoxy) is 2. The van der Waals surface area contributed by atoms with Gasteiger partial charge in [-0.3, -0.25) is 0 Å². The number of benzene rings is 2. The Morgan fingerprint density at radius 2 is 1.01 bits per heavy atom. The van der Waals surface area contributed by atoms with Gasteiger partial charge in [0.05, 0.1) is 66.5 Å². The van der Waals surface area contributed by atoms with Crippen molar-refractivity contribution in [3.63, 3.8) is 0 Å². The molecule has 0 radical (unpaired) electrons. The third-order valence-electron chi connectivity index (χ3n) is 14.4. The fourth-order valence-corrected chi connectivity index (χ4v) is 12.4. The number of piperazine rings is 2. The molecule has 4 saturated heterocycles. The summed E-state index contributed by atoms with van der Waals surface area (Å²) in [6, 6.07) is 2.69. The van der Waals surface area contributed by atoms with Crippen molar-refractivity contribution in [3.05, 3.63) is 68.7 Å². The molecular formula is C46H42Cl2F8N12O2. The molecule has 0 saturated carbocycles. The van der Waals surface area contributed by atoms with Gasteiger partial charge in [-0.1, -0.05) is 23.2 Å². The summed E-state index contributed by atoms with van der Waals surface area (Å²) >= 11 is 13.3. The van der Waals surface area contributed by atoms with Crippen LogP contribution in [0.4, 0.5) is 58.4 Å². The number of nitrogens with two attached hydrogens (primary N) is 2. The zero-order valence-corrected chi connectivity index (χ0v) is 39.0. The second-order valence-corrected chi connectivity index (χ2v) is 19.5.